The summed E-state index contributed by atoms with van der Waals surface area (Å²) in [7, 11) is -3.86. The van der Waals surface area contributed by atoms with Crippen molar-refractivity contribution >= 4 is 16.0 Å². The largest absolute Gasteiger partial charge is 0.476 e. The summed E-state index contributed by atoms with van der Waals surface area (Å²) in [6.45, 7) is 5.37. The number of aromatic amines is 1. The Morgan fingerprint density at radius 3 is 2.56 bits per heavy atom. The lowest BCUT2D eigenvalue weighted by Crippen LogP contribution is -2.30. The van der Waals surface area contributed by atoms with Crippen LogP contribution in [0, 0.1) is 12.3 Å². The molecule has 2 rings (SSSR count). The van der Waals surface area contributed by atoms with E-state index in [0.717, 1.165) is 6.42 Å². The summed E-state index contributed by atoms with van der Waals surface area (Å²) in [6.07, 6.45) is 0.742. The molecule has 8 heteroatoms. The minimum absolute atomic E-state index is 0.0753. The van der Waals surface area contributed by atoms with Crippen LogP contribution in [0.25, 0.3) is 0 Å². The van der Waals surface area contributed by atoms with Crippen LogP contribution in [-0.2, 0) is 10.0 Å². The molecule has 1 aliphatic carbocycles. The Morgan fingerprint density at radius 2 is 2.11 bits per heavy atom. The van der Waals surface area contributed by atoms with Gasteiger partial charge in [-0.15, -0.1) is 0 Å². The highest BCUT2D eigenvalue weighted by Crippen LogP contribution is 2.45. The second-order valence-electron chi connectivity index (χ2n) is 5.20. The van der Waals surface area contributed by atoms with Crippen molar-refractivity contribution in [3.8, 4) is 0 Å². The summed E-state index contributed by atoms with van der Waals surface area (Å²) in [6, 6.07) is -0.154. The Morgan fingerprint density at radius 1 is 1.56 bits per heavy atom. The number of nitrogens with one attached hydrogen (secondary N) is 2. The molecule has 7 nitrogen and oxygen atoms in total. The van der Waals surface area contributed by atoms with Crippen LogP contribution >= 0.6 is 0 Å². The molecule has 1 fully saturated rings. The van der Waals surface area contributed by atoms with Crippen LogP contribution in [0.15, 0.2) is 4.90 Å². The normalized spacial score (nSPS) is 21.8. The van der Waals surface area contributed by atoms with Gasteiger partial charge in [0.25, 0.3) is 0 Å². The fraction of sp³-hybridized carbons (Fsp3) is 0.600. The van der Waals surface area contributed by atoms with Gasteiger partial charge in [0.05, 0.1) is 5.69 Å². The highest BCUT2D eigenvalue weighted by Gasteiger charge is 2.48. The zero-order chi connectivity index (χ0) is 13.7. The van der Waals surface area contributed by atoms with Crippen LogP contribution in [0.5, 0.6) is 0 Å². The van der Waals surface area contributed by atoms with Gasteiger partial charge in [-0.3, -0.25) is 5.10 Å². The summed E-state index contributed by atoms with van der Waals surface area (Å²) in [5, 5.41) is 14.8. The highest BCUT2D eigenvalue weighted by molar-refractivity contribution is 7.89. The van der Waals surface area contributed by atoms with Crippen LogP contribution in [0.1, 0.15) is 36.5 Å². The molecule has 0 spiro atoms. The van der Waals surface area contributed by atoms with E-state index in [4.69, 9.17) is 5.11 Å². The van der Waals surface area contributed by atoms with Crippen molar-refractivity contribution < 1.29 is 18.3 Å². The van der Waals surface area contributed by atoms with Crippen molar-refractivity contribution in [1.82, 2.24) is 14.9 Å². The van der Waals surface area contributed by atoms with Gasteiger partial charge >= 0.3 is 5.97 Å². The first-order chi connectivity index (χ1) is 8.15. The Kier molecular flexibility index (Phi) is 2.74. The van der Waals surface area contributed by atoms with Crippen molar-refractivity contribution in [3.63, 3.8) is 0 Å². The smallest absolute Gasteiger partial charge is 0.357 e. The number of carboxylic acids is 1. The molecule has 100 valence electrons. The third-order valence-electron chi connectivity index (χ3n) is 3.17. The summed E-state index contributed by atoms with van der Waals surface area (Å²) < 4.78 is 26.8. The number of carbonyl (C=O) groups is 1. The molecule has 1 heterocycles. The van der Waals surface area contributed by atoms with E-state index < -0.39 is 21.7 Å². The van der Waals surface area contributed by atoms with Crippen molar-refractivity contribution in [3.05, 3.63) is 11.4 Å². The summed E-state index contributed by atoms with van der Waals surface area (Å²) in [4.78, 5) is 10.7. The average Bonchev–Trinajstić information content (AvgIpc) is 2.63. The molecule has 1 aromatic heterocycles. The second kappa shape index (κ2) is 3.79. The first-order valence-corrected chi connectivity index (χ1v) is 6.94. The van der Waals surface area contributed by atoms with Crippen LogP contribution < -0.4 is 4.72 Å². The maximum absolute atomic E-state index is 12.1. The molecule has 0 aromatic carbocycles. The zero-order valence-electron chi connectivity index (χ0n) is 10.3. The molecule has 0 radical (unpaired) electrons. The monoisotopic (exact) mass is 273 g/mol. The van der Waals surface area contributed by atoms with Gasteiger partial charge in [-0.1, -0.05) is 13.8 Å². The van der Waals surface area contributed by atoms with Crippen molar-refractivity contribution in [2.45, 2.75) is 38.1 Å². The van der Waals surface area contributed by atoms with Crippen LogP contribution in [-0.4, -0.2) is 35.7 Å². The van der Waals surface area contributed by atoms with E-state index in [1.54, 1.807) is 0 Å². The molecule has 18 heavy (non-hydrogen) atoms. The van der Waals surface area contributed by atoms with E-state index in [1.807, 2.05) is 13.8 Å². The van der Waals surface area contributed by atoms with E-state index in [-0.39, 0.29) is 22.0 Å². The molecule has 0 amide bonds. The summed E-state index contributed by atoms with van der Waals surface area (Å²) in [5.41, 5.74) is -0.328. The number of sulfonamides is 1. The van der Waals surface area contributed by atoms with Crippen molar-refractivity contribution in [2.75, 3.05) is 0 Å². The number of nitrogens with zero attached hydrogens (tertiary/aromatic N) is 1. The quantitative estimate of drug-likeness (QED) is 0.739. The first-order valence-electron chi connectivity index (χ1n) is 5.46. The second-order valence-corrected chi connectivity index (χ2v) is 6.85. The number of hydrogen-bond acceptors (Lipinski definition) is 4. The zero-order valence-corrected chi connectivity index (χ0v) is 11.1. The van der Waals surface area contributed by atoms with E-state index >= 15 is 0 Å². The number of aryl methyl sites for hydroxylation is 1. The van der Waals surface area contributed by atoms with Crippen LogP contribution in [0.4, 0.5) is 0 Å². The third-order valence-corrected chi connectivity index (χ3v) is 4.81. The maximum Gasteiger partial charge on any atom is 0.357 e. The van der Waals surface area contributed by atoms with Gasteiger partial charge < -0.3 is 5.11 Å². The van der Waals surface area contributed by atoms with Crippen molar-refractivity contribution in [2.24, 2.45) is 5.41 Å². The summed E-state index contributed by atoms with van der Waals surface area (Å²) in [5.74, 6) is -1.37. The molecule has 3 N–H and O–H groups in total. The van der Waals surface area contributed by atoms with E-state index in [0.29, 0.717) is 0 Å². The first kappa shape index (κ1) is 13.0. The molecule has 1 unspecified atom stereocenters. The number of aromatic nitrogens is 2. The van der Waals surface area contributed by atoms with Gasteiger partial charge in [-0.2, -0.15) is 5.10 Å². The molecule has 1 aromatic rings. The van der Waals surface area contributed by atoms with E-state index in [2.05, 4.69) is 14.9 Å². The molecule has 1 saturated carbocycles. The number of hydrogen-bond donors (Lipinski definition) is 3. The summed E-state index contributed by atoms with van der Waals surface area (Å²) >= 11 is 0. The molecular weight excluding hydrogens is 258 g/mol. The molecular formula is C10H15N3O4S. The Bertz CT molecular complexity index is 603. The Labute approximate surface area is 105 Å². The highest BCUT2D eigenvalue weighted by atomic mass is 32.2. The fourth-order valence-corrected chi connectivity index (χ4v) is 3.54. The lowest BCUT2D eigenvalue weighted by atomic mass is 10.2. The molecule has 0 bridgehead atoms. The number of carboxylic acid groups (broad SMARTS) is 1. The predicted octanol–water partition coefficient (Wildman–Crippen LogP) is 0.493. The van der Waals surface area contributed by atoms with Gasteiger partial charge in [-0.25, -0.2) is 17.9 Å². The third kappa shape index (κ3) is 2.13. The van der Waals surface area contributed by atoms with Crippen LogP contribution in [0.3, 0.4) is 0 Å². The lowest BCUT2D eigenvalue weighted by Gasteiger charge is -2.08. The Hall–Kier alpha value is -1.41. The van der Waals surface area contributed by atoms with Gasteiger partial charge in [-0.05, 0) is 18.8 Å². The molecule has 1 aliphatic rings. The molecule has 1 atom stereocenters. The minimum atomic E-state index is -3.86. The van der Waals surface area contributed by atoms with Crippen molar-refractivity contribution in [1.29, 1.82) is 0 Å². The maximum atomic E-state index is 12.1. The lowest BCUT2D eigenvalue weighted by molar-refractivity contribution is 0.0686. The van der Waals surface area contributed by atoms with Gasteiger partial charge in [0, 0.05) is 6.04 Å². The van der Waals surface area contributed by atoms with Gasteiger partial charge in [0.15, 0.2) is 5.69 Å². The number of H-pyrrole nitrogens is 1. The molecule has 0 saturated heterocycles. The minimum Gasteiger partial charge on any atom is -0.476 e. The SMILES string of the molecule is Cc1[nH]nc(C(=O)O)c1S(=O)(=O)NC1CC1(C)C. The van der Waals surface area contributed by atoms with Gasteiger partial charge in [0.1, 0.15) is 4.90 Å². The fourth-order valence-electron chi connectivity index (χ4n) is 1.81. The van der Waals surface area contributed by atoms with E-state index in [1.165, 1.54) is 6.92 Å². The van der Waals surface area contributed by atoms with Crippen LogP contribution in [0.2, 0.25) is 0 Å². The average molecular weight is 273 g/mol. The standard InChI is InChI=1S/C10H15N3O4S/c1-5-8(7(9(14)15)12-11-5)18(16,17)13-6-4-10(6,2)3/h6,13H,4H2,1-3H3,(H,11,12)(H,14,15). The Balaban J connectivity index is 2.36. The van der Waals surface area contributed by atoms with Gasteiger partial charge in [0.2, 0.25) is 10.0 Å². The molecule has 0 aliphatic heterocycles. The van der Waals surface area contributed by atoms with E-state index in [9.17, 15) is 13.2 Å². The number of aromatic carboxylic acids is 1. The topological polar surface area (TPSA) is 112 Å². The predicted molar refractivity (Wildman–Crippen MR) is 62.8 cm³/mol. The number of rotatable bonds is 4.